The number of aromatic hydroxyl groups is 1. The van der Waals surface area contributed by atoms with Crippen LogP contribution in [-0.2, 0) is 11.2 Å². The molecule has 1 aliphatic rings. The summed E-state index contributed by atoms with van der Waals surface area (Å²) in [5.41, 5.74) is 1.03. The van der Waals surface area contributed by atoms with Gasteiger partial charge in [0, 0.05) is 24.0 Å². The minimum absolute atomic E-state index is 0.0367. The van der Waals surface area contributed by atoms with Crippen LogP contribution >= 0.6 is 11.3 Å². The molecule has 2 heterocycles. The van der Waals surface area contributed by atoms with Crippen LogP contribution in [0.2, 0.25) is 0 Å². The Labute approximate surface area is 144 Å². The summed E-state index contributed by atoms with van der Waals surface area (Å²) in [6.07, 6.45) is 3.58. The normalized spacial score (nSPS) is 14.4. The van der Waals surface area contributed by atoms with E-state index in [0.717, 1.165) is 25.9 Å². The molecule has 0 unspecified atom stereocenters. The fourth-order valence-electron chi connectivity index (χ4n) is 2.67. The van der Waals surface area contributed by atoms with Crippen LogP contribution in [0.25, 0.3) is 0 Å². The van der Waals surface area contributed by atoms with Gasteiger partial charge in [0.1, 0.15) is 5.75 Å². The molecule has 3 rings (SSSR count). The first-order valence-electron chi connectivity index (χ1n) is 7.94. The van der Waals surface area contributed by atoms with Crippen molar-refractivity contribution in [1.82, 2.24) is 9.88 Å². The number of carbonyl (C=O) groups is 2. The molecule has 7 heteroatoms. The van der Waals surface area contributed by atoms with Gasteiger partial charge in [0.2, 0.25) is 5.91 Å². The summed E-state index contributed by atoms with van der Waals surface area (Å²) >= 11 is 1.29. The van der Waals surface area contributed by atoms with Crippen molar-refractivity contribution in [3.63, 3.8) is 0 Å². The molecule has 2 amide bonds. The molecule has 1 fully saturated rings. The molecule has 0 atom stereocenters. The van der Waals surface area contributed by atoms with Gasteiger partial charge in [0.05, 0.1) is 12.1 Å². The number of aromatic nitrogens is 1. The van der Waals surface area contributed by atoms with Gasteiger partial charge in [-0.3, -0.25) is 14.9 Å². The zero-order valence-electron chi connectivity index (χ0n) is 13.2. The van der Waals surface area contributed by atoms with E-state index in [2.05, 4.69) is 10.3 Å². The number of phenols is 1. The number of nitrogens with zero attached hydrogens (tertiary/aromatic N) is 2. The van der Waals surface area contributed by atoms with E-state index in [1.54, 1.807) is 17.5 Å². The third-order valence-electron chi connectivity index (χ3n) is 3.92. The van der Waals surface area contributed by atoms with E-state index in [1.165, 1.54) is 29.9 Å². The number of amides is 2. The van der Waals surface area contributed by atoms with Crippen molar-refractivity contribution in [2.24, 2.45) is 0 Å². The number of rotatable bonds is 4. The minimum atomic E-state index is -0.339. The Balaban J connectivity index is 1.59. The molecule has 126 valence electrons. The van der Waals surface area contributed by atoms with Gasteiger partial charge >= 0.3 is 0 Å². The van der Waals surface area contributed by atoms with Crippen molar-refractivity contribution in [3.8, 4) is 5.75 Å². The van der Waals surface area contributed by atoms with Crippen LogP contribution in [-0.4, -0.2) is 39.9 Å². The van der Waals surface area contributed by atoms with Crippen molar-refractivity contribution in [2.45, 2.75) is 25.7 Å². The third kappa shape index (κ3) is 4.11. The Morgan fingerprint density at radius 3 is 2.79 bits per heavy atom. The van der Waals surface area contributed by atoms with E-state index >= 15 is 0 Å². The van der Waals surface area contributed by atoms with E-state index < -0.39 is 0 Å². The molecule has 1 aromatic heterocycles. The van der Waals surface area contributed by atoms with Crippen LogP contribution in [0, 0.1) is 0 Å². The Morgan fingerprint density at radius 2 is 2.04 bits per heavy atom. The summed E-state index contributed by atoms with van der Waals surface area (Å²) in [4.78, 5) is 30.5. The van der Waals surface area contributed by atoms with Crippen molar-refractivity contribution >= 4 is 28.3 Å². The zero-order valence-corrected chi connectivity index (χ0v) is 14.0. The Morgan fingerprint density at radius 1 is 1.25 bits per heavy atom. The summed E-state index contributed by atoms with van der Waals surface area (Å²) in [5.74, 6) is -0.213. The lowest BCUT2D eigenvalue weighted by atomic mass is 10.1. The maximum atomic E-state index is 12.2. The largest absolute Gasteiger partial charge is 0.508 e. The number of nitrogens with one attached hydrogen (secondary N) is 1. The molecule has 1 saturated heterocycles. The number of benzene rings is 1. The van der Waals surface area contributed by atoms with Crippen LogP contribution in [0.4, 0.5) is 5.13 Å². The van der Waals surface area contributed by atoms with Crippen LogP contribution < -0.4 is 5.32 Å². The molecule has 2 N–H and O–H groups in total. The molecular formula is C17H19N3O3S. The topological polar surface area (TPSA) is 82.5 Å². The lowest BCUT2D eigenvalue weighted by molar-refractivity contribution is -0.131. The molecule has 0 saturated carbocycles. The zero-order chi connectivity index (χ0) is 16.9. The number of piperidine rings is 1. The second-order valence-electron chi connectivity index (χ2n) is 5.77. The molecule has 1 aliphatic heterocycles. The predicted octanol–water partition coefficient (Wildman–Crippen LogP) is 2.66. The average Bonchev–Trinajstić information content (AvgIpc) is 3.02. The first-order chi connectivity index (χ1) is 11.6. The molecule has 0 radical (unpaired) electrons. The Kier molecular flexibility index (Phi) is 5.10. The lowest BCUT2D eigenvalue weighted by Gasteiger charge is -2.26. The monoisotopic (exact) mass is 345 g/mol. The van der Waals surface area contributed by atoms with Gasteiger partial charge in [-0.2, -0.15) is 0 Å². The van der Waals surface area contributed by atoms with E-state index in [4.69, 9.17) is 0 Å². The molecule has 0 aliphatic carbocycles. The number of hydrogen-bond acceptors (Lipinski definition) is 5. The molecule has 24 heavy (non-hydrogen) atoms. The van der Waals surface area contributed by atoms with Crippen molar-refractivity contribution in [3.05, 3.63) is 40.9 Å². The average molecular weight is 345 g/mol. The molecular weight excluding hydrogens is 326 g/mol. The van der Waals surface area contributed by atoms with Gasteiger partial charge in [-0.25, -0.2) is 4.98 Å². The second kappa shape index (κ2) is 7.44. The SMILES string of the molecule is O=C(Nc1nc(CC(=O)N2CCCCC2)cs1)c1cccc(O)c1. The first kappa shape index (κ1) is 16.4. The quantitative estimate of drug-likeness (QED) is 0.892. The standard InChI is InChI=1S/C17H19N3O3S/c21-14-6-4-5-12(9-14)16(23)19-17-18-13(11-24-17)10-15(22)20-7-2-1-3-8-20/h4-6,9,11,21H,1-3,7-8,10H2,(H,18,19,23). The van der Waals surface area contributed by atoms with Gasteiger partial charge < -0.3 is 10.0 Å². The van der Waals surface area contributed by atoms with Gasteiger partial charge in [0.25, 0.3) is 5.91 Å². The highest BCUT2D eigenvalue weighted by Gasteiger charge is 2.18. The number of phenolic OH excluding ortho intramolecular Hbond substituents is 1. The molecule has 1 aromatic carbocycles. The van der Waals surface area contributed by atoms with Crippen LogP contribution in [0.5, 0.6) is 5.75 Å². The van der Waals surface area contributed by atoms with E-state index in [0.29, 0.717) is 16.4 Å². The highest BCUT2D eigenvalue weighted by atomic mass is 32.1. The summed E-state index contributed by atoms with van der Waals surface area (Å²) in [7, 11) is 0. The number of hydrogen-bond donors (Lipinski definition) is 2. The van der Waals surface area contributed by atoms with Crippen LogP contribution in [0.15, 0.2) is 29.6 Å². The first-order valence-corrected chi connectivity index (χ1v) is 8.82. The van der Waals surface area contributed by atoms with Crippen LogP contribution in [0.3, 0.4) is 0 Å². The number of carbonyl (C=O) groups excluding carboxylic acids is 2. The lowest BCUT2D eigenvalue weighted by Crippen LogP contribution is -2.36. The van der Waals surface area contributed by atoms with Gasteiger partial charge in [-0.05, 0) is 37.5 Å². The molecule has 2 aromatic rings. The summed E-state index contributed by atoms with van der Waals surface area (Å²) in [6, 6.07) is 6.12. The fourth-order valence-corrected chi connectivity index (χ4v) is 3.38. The van der Waals surface area contributed by atoms with Crippen molar-refractivity contribution in [1.29, 1.82) is 0 Å². The summed E-state index contributed by atoms with van der Waals surface area (Å²) in [5, 5.41) is 14.4. The highest BCUT2D eigenvalue weighted by molar-refractivity contribution is 7.14. The highest BCUT2D eigenvalue weighted by Crippen LogP contribution is 2.19. The predicted molar refractivity (Wildman–Crippen MR) is 92.3 cm³/mol. The summed E-state index contributed by atoms with van der Waals surface area (Å²) in [6.45, 7) is 1.65. The number of thiazole rings is 1. The maximum Gasteiger partial charge on any atom is 0.257 e. The fraction of sp³-hybridized carbons (Fsp3) is 0.353. The maximum absolute atomic E-state index is 12.2. The third-order valence-corrected chi connectivity index (χ3v) is 4.73. The molecule has 0 bridgehead atoms. The van der Waals surface area contributed by atoms with Gasteiger partial charge in [-0.15, -0.1) is 11.3 Å². The molecule has 6 nitrogen and oxygen atoms in total. The van der Waals surface area contributed by atoms with E-state index in [9.17, 15) is 14.7 Å². The Hall–Kier alpha value is -2.41. The second-order valence-corrected chi connectivity index (χ2v) is 6.62. The van der Waals surface area contributed by atoms with Crippen molar-refractivity contribution < 1.29 is 14.7 Å². The number of anilines is 1. The number of likely N-dealkylation sites (tertiary alicyclic amines) is 1. The minimum Gasteiger partial charge on any atom is -0.508 e. The van der Waals surface area contributed by atoms with Crippen LogP contribution in [0.1, 0.15) is 35.3 Å². The molecule has 0 spiro atoms. The van der Waals surface area contributed by atoms with E-state index in [1.807, 2.05) is 4.90 Å². The van der Waals surface area contributed by atoms with Gasteiger partial charge in [-0.1, -0.05) is 6.07 Å². The van der Waals surface area contributed by atoms with Gasteiger partial charge in [0.15, 0.2) is 5.13 Å². The van der Waals surface area contributed by atoms with Crippen molar-refractivity contribution in [2.75, 3.05) is 18.4 Å². The van der Waals surface area contributed by atoms with E-state index in [-0.39, 0.29) is 24.0 Å². The smallest absolute Gasteiger partial charge is 0.257 e. The summed E-state index contributed by atoms with van der Waals surface area (Å²) < 4.78 is 0. The Bertz CT molecular complexity index is 738.